The van der Waals surface area contributed by atoms with Crippen molar-refractivity contribution < 1.29 is 20.0 Å². The predicted octanol–water partition coefficient (Wildman–Crippen LogP) is 0.720. The topological polar surface area (TPSA) is 97.8 Å². The van der Waals surface area contributed by atoms with Crippen molar-refractivity contribution in [3.63, 3.8) is 0 Å². The van der Waals surface area contributed by atoms with Gasteiger partial charge in [0.15, 0.2) is 6.10 Å². The van der Waals surface area contributed by atoms with Crippen molar-refractivity contribution in [2.24, 2.45) is 0 Å². The number of fused-ring (bicyclic) bond motifs is 1. The second kappa shape index (κ2) is 5.25. The predicted molar refractivity (Wildman–Crippen MR) is 67.7 cm³/mol. The summed E-state index contributed by atoms with van der Waals surface area (Å²) in [5, 5.41) is 29.8. The lowest BCUT2D eigenvalue weighted by molar-refractivity contribution is -0.384. The van der Waals surface area contributed by atoms with Gasteiger partial charge in [-0.25, -0.2) is 0 Å². The van der Waals surface area contributed by atoms with Crippen LogP contribution in [0.2, 0.25) is 0 Å². The maximum Gasteiger partial charge on any atom is 0.270 e. The largest absolute Gasteiger partial charge is 0.405 e. The Balaban J connectivity index is 2.33. The number of benzene rings is 1. The summed E-state index contributed by atoms with van der Waals surface area (Å²) in [7, 11) is 0. The molecule has 2 N–H and O–H groups in total. The second-order valence-corrected chi connectivity index (χ2v) is 4.21. The van der Waals surface area contributed by atoms with E-state index in [0.717, 1.165) is 0 Å². The lowest BCUT2D eigenvalue weighted by atomic mass is 10.2. The molecule has 0 aliphatic rings. The highest BCUT2D eigenvalue weighted by molar-refractivity contribution is 5.82. The van der Waals surface area contributed by atoms with E-state index in [4.69, 9.17) is 9.94 Å². The summed E-state index contributed by atoms with van der Waals surface area (Å²) in [6.07, 6.45) is -0.00863. The van der Waals surface area contributed by atoms with Crippen LogP contribution in [0.5, 0.6) is 0 Å². The van der Waals surface area contributed by atoms with Gasteiger partial charge in [-0.15, -0.1) is 0 Å². The molecule has 102 valence electrons. The van der Waals surface area contributed by atoms with Crippen LogP contribution in [-0.2, 0) is 0 Å². The first-order valence-electron chi connectivity index (χ1n) is 5.74. The van der Waals surface area contributed by atoms with E-state index in [1.807, 2.05) is 0 Å². The molecule has 0 spiro atoms. The molecule has 7 heteroatoms. The van der Waals surface area contributed by atoms with Gasteiger partial charge in [0.1, 0.15) is 0 Å². The Bertz CT molecular complexity index is 593. The average molecular weight is 266 g/mol. The molecule has 19 heavy (non-hydrogen) atoms. The van der Waals surface area contributed by atoms with Gasteiger partial charge >= 0.3 is 0 Å². The van der Waals surface area contributed by atoms with Crippen LogP contribution in [-0.4, -0.2) is 38.7 Å². The third kappa shape index (κ3) is 2.67. The molecule has 2 rings (SSSR count). The molecule has 0 saturated heterocycles. The van der Waals surface area contributed by atoms with Gasteiger partial charge in [-0.2, -0.15) is 4.73 Å². The molecule has 0 saturated carbocycles. The van der Waals surface area contributed by atoms with E-state index in [9.17, 15) is 15.2 Å². The highest BCUT2D eigenvalue weighted by atomic mass is 16.7. The van der Waals surface area contributed by atoms with Crippen molar-refractivity contribution in [3.8, 4) is 0 Å². The summed E-state index contributed by atoms with van der Waals surface area (Å²) in [5.41, 5.74) is 0.629. The van der Waals surface area contributed by atoms with Gasteiger partial charge in [-0.3, -0.25) is 10.1 Å². The van der Waals surface area contributed by atoms with Gasteiger partial charge < -0.3 is 15.1 Å². The Hall–Kier alpha value is -2.12. The molecule has 0 bridgehead atoms. The normalized spacial score (nSPS) is 14.3. The lowest BCUT2D eigenvalue weighted by Crippen LogP contribution is -2.37. The molecule has 2 aromatic rings. The Morgan fingerprint density at radius 2 is 2.21 bits per heavy atom. The standard InChI is InChI=1S/C12H14N2O5/c1-8(16)12(7-15)19-13-5-4-9-6-10(14(17)18)2-3-11(9)13/h2-6,8,12,15-16H,7H2,1H3/t8-,12-/m1/s1. The third-order valence-electron chi connectivity index (χ3n) is 2.82. The summed E-state index contributed by atoms with van der Waals surface area (Å²) in [5.74, 6) is 0. The summed E-state index contributed by atoms with van der Waals surface area (Å²) < 4.78 is 1.38. The van der Waals surface area contributed by atoms with E-state index in [-0.39, 0.29) is 12.3 Å². The SMILES string of the molecule is C[C@@H](O)[C@@H](CO)On1ccc2cc([N+](=O)[O-])ccc21. The maximum absolute atomic E-state index is 10.7. The van der Waals surface area contributed by atoms with Crippen molar-refractivity contribution in [3.05, 3.63) is 40.6 Å². The number of non-ortho nitro benzene ring substituents is 1. The smallest absolute Gasteiger partial charge is 0.270 e. The maximum atomic E-state index is 10.7. The first-order chi connectivity index (χ1) is 9.02. The molecule has 2 atom stereocenters. The number of nitro groups is 1. The number of aromatic nitrogens is 1. The number of rotatable bonds is 5. The van der Waals surface area contributed by atoms with Crippen LogP contribution >= 0.6 is 0 Å². The van der Waals surface area contributed by atoms with Crippen molar-refractivity contribution in [1.29, 1.82) is 0 Å². The van der Waals surface area contributed by atoms with Crippen molar-refractivity contribution >= 4 is 16.6 Å². The Morgan fingerprint density at radius 1 is 1.47 bits per heavy atom. The second-order valence-electron chi connectivity index (χ2n) is 4.21. The molecule has 1 aromatic carbocycles. The van der Waals surface area contributed by atoms with Crippen LogP contribution in [0.15, 0.2) is 30.5 Å². The van der Waals surface area contributed by atoms with Crippen LogP contribution in [0.25, 0.3) is 10.9 Å². The number of hydrogen-bond acceptors (Lipinski definition) is 5. The molecule has 0 aliphatic heterocycles. The number of hydrogen-bond donors (Lipinski definition) is 2. The molecule has 1 heterocycles. The number of nitrogens with zero attached hydrogens (tertiary/aromatic N) is 2. The van der Waals surface area contributed by atoms with E-state index < -0.39 is 17.1 Å². The zero-order valence-electron chi connectivity index (χ0n) is 10.3. The van der Waals surface area contributed by atoms with Gasteiger partial charge in [-0.05, 0) is 19.1 Å². The molecule has 1 aromatic heterocycles. The summed E-state index contributed by atoms with van der Waals surface area (Å²) in [6, 6.07) is 6.03. The Labute approximate surface area is 108 Å². The molecular formula is C12H14N2O5. The molecule has 0 aliphatic carbocycles. The van der Waals surface area contributed by atoms with E-state index >= 15 is 0 Å². The van der Waals surface area contributed by atoms with Gasteiger partial charge in [0.2, 0.25) is 0 Å². The Morgan fingerprint density at radius 3 is 2.79 bits per heavy atom. The van der Waals surface area contributed by atoms with Crippen LogP contribution in [0, 0.1) is 10.1 Å². The summed E-state index contributed by atoms with van der Waals surface area (Å²) in [4.78, 5) is 15.6. The number of aliphatic hydroxyl groups is 2. The van der Waals surface area contributed by atoms with Crippen molar-refractivity contribution in [2.75, 3.05) is 6.61 Å². The van der Waals surface area contributed by atoms with Crippen LogP contribution in [0.3, 0.4) is 0 Å². The first-order valence-corrected chi connectivity index (χ1v) is 5.74. The van der Waals surface area contributed by atoms with Crippen molar-refractivity contribution in [2.45, 2.75) is 19.1 Å². The first kappa shape index (κ1) is 13.3. The van der Waals surface area contributed by atoms with E-state index in [2.05, 4.69) is 0 Å². The fourth-order valence-corrected chi connectivity index (χ4v) is 1.73. The monoisotopic (exact) mass is 266 g/mol. The molecule has 0 radical (unpaired) electrons. The fourth-order valence-electron chi connectivity index (χ4n) is 1.73. The minimum atomic E-state index is -0.833. The quantitative estimate of drug-likeness (QED) is 0.613. The van der Waals surface area contributed by atoms with E-state index in [0.29, 0.717) is 10.9 Å². The van der Waals surface area contributed by atoms with E-state index in [1.165, 1.54) is 23.8 Å². The van der Waals surface area contributed by atoms with Crippen LogP contribution in [0.4, 0.5) is 5.69 Å². The zero-order chi connectivity index (χ0) is 14.0. The lowest BCUT2D eigenvalue weighted by Gasteiger charge is -2.19. The minimum Gasteiger partial charge on any atom is -0.405 e. The zero-order valence-corrected chi connectivity index (χ0v) is 10.3. The molecule has 0 amide bonds. The highest BCUT2D eigenvalue weighted by Crippen LogP contribution is 2.21. The van der Waals surface area contributed by atoms with Gasteiger partial charge in [0.25, 0.3) is 5.69 Å². The van der Waals surface area contributed by atoms with Gasteiger partial charge in [0, 0.05) is 23.7 Å². The molecular weight excluding hydrogens is 252 g/mol. The van der Waals surface area contributed by atoms with E-state index in [1.54, 1.807) is 18.3 Å². The fraction of sp³-hybridized carbons (Fsp3) is 0.333. The van der Waals surface area contributed by atoms with Gasteiger partial charge in [-0.1, -0.05) is 0 Å². The summed E-state index contributed by atoms with van der Waals surface area (Å²) in [6.45, 7) is 1.18. The number of nitro benzene ring substituents is 1. The van der Waals surface area contributed by atoms with Crippen molar-refractivity contribution in [1.82, 2.24) is 4.73 Å². The van der Waals surface area contributed by atoms with Crippen LogP contribution < -0.4 is 4.84 Å². The highest BCUT2D eigenvalue weighted by Gasteiger charge is 2.17. The molecule has 0 unspecified atom stereocenters. The Kier molecular flexibility index (Phi) is 3.68. The average Bonchev–Trinajstić information content (AvgIpc) is 2.77. The van der Waals surface area contributed by atoms with Crippen LogP contribution in [0.1, 0.15) is 6.92 Å². The minimum absolute atomic E-state index is 0.000477. The number of aliphatic hydroxyl groups excluding tert-OH is 2. The molecule has 7 nitrogen and oxygen atoms in total. The van der Waals surface area contributed by atoms with Gasteiger partial charge in [0.05, 0.1) is 23.2 Å². The summed E-state index contributed by atoms with van der Waals surface area (Å²) >= 11 is 0. The molecule has 0 fully saturated rings. The third-order valence-corrected chi connectivity index (χ3v) is 2.82.